The largest absolute Gasteiger partial charge is 0.311 e. The molecule has 0 aromatic heterocycles. The van der Waals surface area contributed by atoms with Gasteiger partial charge in [-0.2, -0.15) is 0 Å². The Labute approximate surface area is 42.3 Å². The highest BCUT2D eigenvalue weighted by Gasteiger charge is 2.23. The molecule has 1 nitrogen and oxygen atoms in total. The molecule has 1 aliphatic heterocycles. The zero-order valence-corrected chi connectivity index (χ0v) is 4.79. The van der Waals surface area contributed by atoms with Crippen molar-refractivity contribution in [3.8, 4) is 0 Å². The van der Waals surface area contributed by atoms with Crippen LogP contribution in [0.4, 0.5) is 0 Å². The Morgan fingerprint density at radius 1 is 1.50 bits per heavy atom. The first-order chi connectivity index (χ1) is 2.80. The topological polar surface area (TPSA) is 9.23 Å². The van der Waals surface area contributed by atoms with Crippen molar-refractivity contribution in [3.63, 3.8) is 0 Å². The molecule has 0 spiro atoms. The summed E-state index contributed by atoms with van der Waals surface area (Å²) in [5, 5.41) is 0.727. The summed E-state index contributed by atoms with van der Waals surface area (Å²) in [4.78, 5) is 0. The molecule has 1 heterocycles. The number of hydrogen-bond donors (Lipinski definition) is 0. The van der Waals surface area contributed by atoms with Crippen LogP contribution in [-0.2, 0) is 4.18 Å². The van der Waals surface area contributed by atoms with E-state index in [0.717, 1.165) is 5.25 Å². The third-order valence-corrected chi connectivity index (χ3v) is 2.12. The van der Waals surface area contributed by atoms with E-state index in [1.165, 1.54) is 0 Å². The predicted octanol–water partition coefficient (Wildman–Crippen LogP) is 1.44. The smallest absolute Gasteiger partial charge is 0.0832 e. The Bertz CT molecular complexity index is 47.5. The lowest BCUT2D eigenvalue weighted by molar-refractivity contribution is 0.212. The predicted molar refractivity (Wildman–Crippen MR) is 27.6 cm³/mol. The summed E-state index contributed by atoms with van der Waals surface area (Å²) in [5.74, 6) is 0. The van der Waals surface area contributed by atoms with Gasteiger partial charge in [0.15, 0.2) is 0 Å². The van der Waals surface area contributed by atoms with Crippen molar-refractivity contribution < 1.29 is 4.18 Å². The molecule has 0 saturated carbocycles. The van der Waals surface area contributed by atoms with Crippen molar-refractivity contribution in [1.82, 2.24) is 0 Å². The first kappa shape index (κ1) is 4.47. The van der Waals surface area contributed by atoms with Gasteiger partial charge in [-0.1, -0.05) is 0 Å². The first-order valence-corrected chi connectivity index (χ1v) is 2.93. The fourth-order valence-electron chi connectivity index (χ4n) is 0.278. The lowest BCUT2D eigenvalue weighted by atomic mass is 10.3. The molecule has 2 unspecified atom stereocenters. The minimum absolute atomic E-state index is 0.495. The highest BCUT2D eigenvalue weighted by atomic mass is 32.2. The van der Waals surface area contributed by atoms with Gasteiger partial charge >= 0.3 is 0 Å². The summed E-state index contributed by atoms with van der Waals surface area (Å²) in [5.41, 5.74) is 0. The van der Waals surface area contributed by atoms with Crippen LogP contribution in [0, 0.1) is 0 Å². The molecule has 1 aliphatic rings. The number of rotatable bonds is 0. The molecule has 1 saturated heterocycles. The molecule has 0 radical (unpaired) electrons. The maximum atomic E-state index is 4.96. The normalized spacial score (nSPS) is 45.0. The molecule has 0 N–H and O–H groups in total. The van der Waals surface area contributed by atoms with E-state index in [9.17, 15) is 0 Å². The first-order valence-electron chi connectivity index (χ1n) is 2.13. The van der Waals surface area contributed by atoms with Gasteiger partial charge < -0.3 is 4.18 Å². The third-order valence-electron chi connectivity index (χ3n) is 1.02. The molecule has 2 atom stereocenters. The molecule has 1 rings (SSSR count). The molecule has 36 valence electrons. The second-order valence-electron chi connectivity index (χ2n) is 1.60. The minimum Gasteiger partial charge on any atom is -0.311 e. The highest BCUT2D eigenvalue weighted by molar-refractivity contribution is 7.96. The van der Waals surface area contributed by atoms with Crippen LogP contribution in [0.3, 0.4) is 0 Å². The van der Waals surface area contributed by atoms with Crippen LogP contribution in [0.2, 0.25) is 0 Å². The zero-order valence-electron chi connectivity index (χ0n) is 3.97. The van der Waals surface area contributed by atoms with Gasteiger partial charge in [-0.25, -0.2) is 0 Å². The van der Waals surface area contributed by atoms with E-state index < -0.39 is 0 Å². The summed E-state index contributed by atoms with van der Waals surface area (Å²) >= 11 is 1.57. The average molecular weight is 104 g/mol. The van der Waals surface area contributed by atoms with Crippen molar-refractivity contribution in [2.45, 2.75) is 25.2 Å². The second kappa shape index (κ2) is 1.43. The van der Waals surface area contributed by atoms with Crippen molar-refractivity contribution >= 4 is 12.0 Å². The van der Waals surface area contributed by atoms with Crippen LogP contribution >= 0.6 is 12.0 Å². The van der Waals surface area contributed by atoms with E-state index in [-0.39, 0.29) is 0 Å². The van der Waals surface area contributed by atoms with Gasteiger partial charge in [0.25, 0.3) is 0 Å². The van der Waals surface area contributed by atoms with Crippen LogP contribution in [0.5, 0.6) is 0 Å². The average Bonchev–Trinajstić information content (AvgIpc) is 1.61. The fourth-order valence-corrected chi connectivity index (χ4v) is 0.833. The molecular weight excluding hydrogens is 96.1 g/mol. The van der Waals surface area contributed by atoms with E-state index in [4.69, 9.17) is 4.18 Å². The summed E-state index contributed by atoms with van der Waals surface area (Å²) < 4.78 is 4.96. The molecule has 0 bridgehead atoms. The lowest BCUT2D eigenvalue weighted by Crippen LogP contribution is -2.27. The van der Waals surface area contributed by atoms with Gasteiger partial charge in [0.05, 0.1) is 11.4 Å². The Hall–Kier alpha value is 0.310. The molecule has 6 heavy (non-hydrogen) atoms. The summed E-state index contributed by atoms with van der Waals surface area (Å²) in [6.07, 6.45) is 0.495. The van der Waals surface area contributed by atoms with Gasteiger partial charge in [0, 0.05) is 0 Å². The third kappa shape index (κ3) is 0.545. The maximum Gasteiger partial charge on any atom is 0.0832 e. The van der Waals surface area contributed by atoms with Crippen molar-refractivity contribution in [1.29, 1.82) is 0 Å². The maximum absolute atomic E-state index is 4.96. The molecule has 2 heteroatoms. The number of hydrogen-bond acceptors (Lipinski definition) is 2. The fraction of sp³-hybridized carbons (Fsp3) is 1.00. The summed E-state index contributed by atoms with van der Waals surface area (Å²) in [6.45, 7) is 4.25. The molecule has 0 aromatic rings. The van der Waals surface area contributed by atoms with E-state index in [0.29, 0.717) is 6.10 Å². The Morgan fingerprint density at radius 2 is 2.00 bits per heavy atom. The van der Waals surface area contributed by atoms with Gasteiger partial charge in [0.1, 0.15) is 0 Å². The lowest BCUT2D eigenvalue weighted by Gasteiger charge is -2.28. The summed E-state index contributed by atoms with van der Waals surface area (Å²) in [6, 6.07) is 0. The molecule has 0 aromatic carbocycles. The Balaban J connectivity index is 2.20. The van der Waals surface area contributed by atoms with Crippen molar-refractivity contribution in [2.24, 2.45) is 0 Å². The van der Waals surface area contributed by atoms with E-state index in [2.05, 4.69) is 13.8 Å². The summed E-state index contributed by atoms with van der Waals surface area (Å²) in [7, 11) is 0. The molecule has 0 amide bonds. The zero-order chi connectivity index (χ0) is 4.57. The van der Waals surface area contributed by atoms with Gasteiger partial charge in [-0.15, -0.1) is 0 Å². The second-order valence-corrected chi connectivity index (χ2v) is 2.73. The molecular formula is C4H8OS. The van der Waals surface area contributed by atoms with Gasteiger partial charge in [-0.3, -0.25) is 0 Å². The van der Waals surface area contributed by atoms with E-state index in [1.807, 2.05) is 0 Å². The minimum atomic E-state index is 0.495. The van der Waals surface area contributed by atoms with Crippen LogP contribution in [0.25, 0.3) is 0 Å². The van der Waals surface area contributed by atoms with Gasteiger partial charge in [-0.05, 0) is 25.9 Å². The SMILES string of the molecule is CC1OSC1C. The van der Waals surface area contributed by atoms with Crippen LogP contribution in [0.1, 0.15) is 13.8 Å². The van der Waals surface area contributed by atoms with Crippen LogP contribution < -0.4 is 0 Å². The standard InChI is InChI=1S/C4H8OS/c1-3-4(2)6-5-3/h3-4H,1-2H3. The van der Waals surface area contributed by atoms with E-state index in [1.54, 1.807) is 12.0 Å². The van der Waals surface area contributed by atoms with Crippen molar-refractivity contribution in [3.05, 3.63) is 0 Å². The van der Waals surface area contributed by atoms with Gasteiger partial charge in [0.2, 0.25) is 0 Å². The van der Waals surface area contributed by atoms with Crippen LogP contribution in [0.15, 0.2) is 0 Å². The van der Waals surface area contributed by atoms with E-state index >= 15 is 0 Å². The Morgan fingerprint density at radius 3 is 2.00 bits per heavy atom. The quantitative estimate of drug-likeness (QED) is 0.430. The van der Waals surface area contributed by atoms with Crippen LogP contribution in [-0.4, -0.2) is 11.4 Å². The monoisotopic (exact) mass is 104 g/mol. The molecule has 1 fully saturated rings. The molecule has 0 aliphatic carbocycles. The highest BCUT2D eigenvalue weighted by Crippen LogP contribution is 2.30. The van der Waals surface area contributed by atoms with Crippen molar-refractivity contribution in [2.75, 3.05) is 0 Å². The Kier molecular flexibility index (Phi) is 1.06.